The summed E-state index contributed by atoms with van der Waals surface area (Å²) in [6.07, 6.45) is -0.343. The highest BCUT2D eigenvalue weighted by atomic mass is 35.5. The number of rotatable bonds is 4. The van der Waals surface area contributed by atoms with Gasteiger partial charge in [0.05, 0.1) is 36.5 Å². The third-order valence-corrected chi connectivity index (χ3v) is 9.60. The second-order valence-electron chi connectivity index (χ2n) is 12.1. The number of alkyl halides is 3. The molecular weight excluding hydrogens is 580 g/mol. The number of nitrogens with one attached hydrogen (secondary N) is 1. The van der Waals surface area contributed by atoms with E-state index in [4.69, 9.17) is 36.5 Å². The molecule has 3 aromatic rings. The van der Waals surface area contributed by atoms with Crippen molar-refractivity contribution in [3.63, 3.8) is 0 Å². The average Bonchev–Trinajstić information content (AvgIpc) is 3.62. The molecule has 222 valence electrons. The molecule has 0 amide bonds. The Morgan fingerprint density at radius 1 is 1.17 bits per heavy atom. The van der Waals surface area contributed by atoms with E-state index in [1.165, 1.54) is 0 Å². The standard InChI is InChI=1S/C28H27ClF4N6O3/c29-16-6-12(34)5-15(20(16)28(31,32)33)22-21(30)23-19-24(38-26(37-23)42-11-27-7-14(8-27)41-10-27)39-9-13-1-2-17(35-13)18(39)3-4-40-25(19)36-22/h5-6,13-14,17-18,35H,1-4,7-11,34H2. The van der Waals surface area contributed by atoms with Gasteiger partial charge in [0.25, 0.3) is 0 Å². The van der Waals surface area contributed by atoms with Crippen molar-refractivity contribution in [1.82, 2.24) is 20.3 Å². The number of fused-ring (bicyclic) bond motifs is 6. The highest BCUT2D eigenvalue weighted by molar-refractivity contribution is 6.32. The summed E-state index contributed by atoms with van der Waals surface area (Å²) in [7, 11) is 0. The first-order chi connectivity index (χ1) is 20.1. The van der Waals surface area contributed by atoms with Crippen LogP contribution in [0.1, 0.15) is 37.7 Å². The maximum absolute atomic E-state index is 16.6. The van der Waals surface area contributed by atoms with Gasteiger partial charge in [-0.1, -0.05) is 11.6 Å². The van der Waals surface area contributed by atoms with E-state index >= 15 is 4.39 Å². The fourth-order valence-electron chi connectivity index (χ4n) is 7.34. The zero-order chi connectivity index (χ0) is 29.0. The van der Waals surface area contributed by atoms with Crippen LogP contribution in [-0.4, -0.2) is 65.5 Å². The van der Waals surface area contributed by atoms with Crippen LogP contribution in [0.15, 0.2) is 12.1 Å². The second kappa shape index (κ2) is 9.17. The summed E-state index contributed by atoms with van der Waals surface area (Å²) in [6, 6.07) is 2.38. The summed E-state index contributed by atoms with van der Waals surface area (Å²) in [5.41, 5.74) is 2.96. The van der Waals surface area contributed by atoms with Crippen LogP contribution in [0.4, 0.5) is 29.1 Å². The van der Waals surface area contributed by atoms with Crippen molar-refractivity contribution in [2.24, 2.45) is 5.41 Å². The topological polar surface area (TPSA) is 108 Å². The van der Waals surface area contributed by atoms with E-state index in [9.17, 15) is 13.2 Å². The van der Waals surface area contributed by atoms with Crippen molar-refractivity contribution in [3.8, 4) is 23.1 Å². The van der Waals surface area contributed by atoms with Crippen LogP contribution in [0.5, 0.6) is 11.9 Å². The van der Waals surface area contributed by atoms with Crippen molar-refractivity contribution in [2.75, 3.05) is 37.0 Å². The molecule has 5 fully saturated rings. The minimum Gasteiger partial charge on any atom is -0.477 e. The number of nitrogens with zero attached hydrogens (tertiary/aromatic N) is 4. The van der Waals surface area contributed by atoms with Crippen LogP contribution in [0.2, 0.25) is 5.02 Å². The molecule has 42 heavy (non-hydrogen) atoms. The second-order valence-corrected chi connectivity index (χ2v) is 12.5. The minimum atomic E-state index is -4.91. The first-order valence-corrected chi connectivity index (χ1v) is 14.4. The number of hydrogen-bond acceptors (Lipinski definition) is 9. The SMILES string of the molecule is Nc1cc(Cl)c(C(F)(F)F)c(-c2nc3c4c(nc(OCC56COC(C5)C6)nc4c2F)N2CC4CCC(N4)C2CCO3)c1. The molecule has 9 nitrogen and oxygen atoms in total. The summed E-state index contributed by atoms with van der Waals surface area (Å²) < 4.78 is 77.0. The van der Waals surface area contributed by atoms with Gasteiger partial charge in [-0.25, -0.2) is 9.37 Å². The normalized spacial score (nSPS) is 29.5. The van der Waals surface area contributed by atoms with E-state index in [1.807, 2.05) is 0 Å². The molecule has 0 radical (unpaired) electrons. The Balaban J connectivity index is 1.33. The minimum absolute atomic E-state index is 0.0179. The van der Waals surface area contributed by atoms with Gasteiger partial charge in [0.15, 0.2) is 5.82 Å². The first-order valence-electron chi connectivity index (χ1n) is 14.1. The van der Waals surface area contributed by atoms with Gasteiger partial charge < -0.3 is 30.2 Å². The van der Waals surface area contributed by atoms with E-state index in [-0.39, 0.29) is 71.3 Å². The monoisotopic (exact) mass is 606 g/mol. The third-order valence-electron chi connectivity index (χ3n) is 9.30. The Morgan fingerprint density at radius 2 is 2.00 bits per heavy atom. The molecule has 0 spiro atoms. The van der Waals surface area contributed by atoms with Crippen molar-refractivity contribution < 1.29 is 31.8 Å². The Kier molecular flexibility index (Phi) is 5.78. The molecule has 2 aromatic heterocycles. The van der Waals surface area contributed by atoms with Gasteiger partial charge >= 0.3 is 12.2 Å². The number of piperazine rings is 1. The molecule has 4 bridgehead atoms. The largest absolute Gasteiger partial charge is 0.477 e. The molecule has 9 rings (SSSR count). The van der Waals surface area contributed by atoms with Crippen LogP contribution >= 0.6 is 11.6 Å². The molecular formula is C28H27ClF4N6O3. The van der Waals surface area contributed by atoms with Gasteiger partial charge in [-0.2, -0.15) is 23.1 Å². The van der Waals surface area contributed by atoms with Gasteiger partial charge in [-0.05, 0) is 37.8 Å². The van der Waals surface area contributed by atoms with E-state index in [1.54, 1.807) is 0 Å². The fraction of sp³-hybridized carbons (Fsp3) is 0.536. The molecule has 5 aliphatic heterocycles. The van der Waals surface area contributed by atoms with Crippen LogP contribution < -0.4 is 25.4 Å². The zero-order valence-corrected chi connectivity index (χ0v) is 23.1. The Labute approximate surface area is 242 Å². The number of hydrogen-bond donors (Lipinski definition) is 2. The van der Waals surface area contributed by atoms with Gasteiger partial charge in [0.2, 0.25) is 5.88 Å². The summed E-state index contributed by atoms with van der Waals surface area (Å²) in [5, 5.41) is 3.18. The Hall–Kier alpha value is -3.16. The number of anilines is 2. The number of benzene rings is 1. The Bertz CT molecular complexity index is 1610. The number of nitrogen functional groups attached to an aromatic ring is 1. The number of aromatic nitrogens is 3. The molecule has 1 saturated carbocycles. The molecule has 4 saturated heterocycles. The predicted octanol–water partition coefficient (Wildman–Crippen LogP) is 4.73. The number of pyridine rings is 1. The Morgan fingerprint density at radius 3 is 2.76 bits per heavy atom. The average molecular weight is 607 g/mol. The van der Waals surface area contributed by atoms with E-state index in [0.29, 0.717) is 25.4 Å². The van der Waals surface area contributed by atoms with Gasteiger partial charge in [0.1, 0.15) is 22.4 Å². The lowest BCUT2D eigenvalue weighted by molar-refractivity contribution is -0.137. The van der Waals surface area contributed by atoms with E-state index in [2.05, 4.69) is 20.2 Å². The van der Waals surface area contributed by atoms with Gasteiger partial charge in [-0.15, -0.1) is 0 Å². The highest BCUT2D eigenvalue weighted by Gasteiger charge is 2.52. The molecule has 3 N–H and O–H groups in total. The van der Waals surface area contributed by atoms with Gasteiger partial charge in [-0.3, -0.25) is 0 Å². The lowest BCUT2D eigenvalue weighted by Crippen LogP contribution is -2.59. The van der Waals surface area contributed by atoms with Gasteiger partial charge in [0, 0.05) is 47.8 Å². The lowest BCUT2D eigenvalue weighted by atomic mass is 9.71. The quantitative estimate of drug-likeness (QED) is 0.322. The van der Waals surface area contributed by atoms with Crippen LogP contribution in [-0.2, 0) is 10.9 Å². The van der Waals surface area contributed by atoms with Crippen molar-refractivity contribution in [3.05, 3.63) is 28.5 Å². The van der Waals surface area contributed by atoms with Crippen molar-refractivity contribution >= 4 is 34.0 Å². The smallest absolute Gasteiger partial charge is 0.418 e. The molecule has 3 unspecified atom stereocenters. The summed E-state index contributed by atoms with van der Waals surface area (Å²) >= 11 is 6.00. The fourth-order valence-corrected chi connectivity index (χ4v) is 7.67. The lowest BCUT2D eigenvalue weighted by Gasteiger charge is -2.43. The molecule has 6 aliphatic rings. The maximum Gasteiger partial charge on any atom is 0.418 e. The number of ether oxygens (including phenoxy) is 3. The van der Waals surface area contributed by atoms with Crippen LogP contribution in [0.3, 0.4) is 0 Å². The molecule has 7 heterocycles. The maximum atomic E-state index is 16.6. The molecule has 1 aliphatic carbocycles. The van der Waals surface area contributed by atoms with E-state index < -0.39 is 33.8 Å². The predicted molar refractivity (Wildman–Crippen MR) is 145 cm³/mol. The van der Waals surface area contributed by atoms with Crippen LogP contribution in [0, 0.1) is 11.2 Å². The zero-order valence-electron chi connectivity index (χ0n) is 22.3. The van der Waals surface area contributed by atoms with E-state index in [0.717, 1.165) is 37.8 Å². The first kappa shape index (κ1) is 26.5. The van der Waals surface area contributed by atoms with Crippen molar-refractivity contribution in [2.45, 2.75) is 62.5 Å². The summed E-state index contributed by atoms with van der Waals surface area (Å²) in [5.74, 6) is -0.720. The highest BCUT2D eigenvalue weighted by Crippen LogP contribution is 2.51. The number of halogens is 5. The molecule has 3 atom stereocenters. The third kappa shape index (κ3) is 4.07. The number of nitrogens with two attached hydrogens (primary N) is 1. The van der Waals surface area contributed by atoms with Crippen LogP contribution in [0.25, 0.3) is 22.2 Å². The summed E-state index contributed by atoms with van der Waals surface area (Å²) in [6.45, 7) is 1.70. The van der Waals surface area contributed by atoms with Crippen molar-refractivity contribution in [1.29, 1.82) is 0 Å². The molecule has 1 aromatic carbocycles. The molecule has 14 heteroatoms. The summed E-state index contributed by atoms with van der Waals surface area (Å²) in [4.78, 5) is 15.6.